The molecular formula is C12H16FNO. The summed E-state index contributed by atoms with van der Waals surface area (Å²) in [7, 11) is 0. The highest BCUT2D eigenvalue weighted by Crippen LogP contribution is 2.33. The normalized spacial score (nSPS) is 15.9. The Labute approximate surface area is 89.2 Å². The molecule has 0 aromatic heterocycles. The fourth-order valence-corrected chi connectivity index (χ4v) is 2.04. The monoisotopic (exact) mass is 209 g/mol. The molecule has 1 heterocycles. The molecule has 0 aliphatic carbocycles. The van der Waals surface area contributed by atoms with Gasteiger partial charge in [0.05, 0.1) is 6.61 Å². The summed E-state index contributed by atoms with van der Waals surface area (Å²) >= 11 is 0. The van der Waals surface area contributed by atoms with Crippen LogP contribution in [0.25, 0.3) is 0 Å². The zero-order valence-electron chi connectivity index (χ0n) is 8.92. The number of rotatable bonds is 3. The van der Waals surface area contributed by atoms with Crippen molar-refractivity contribution in [1.29, 1.82) is 0 Å². The predicted octanol–water partition coefficient (Wildman–Crippen LogP) is 2.21. The van der Waals surface area contributed by atoms with Crippen molar-refractivity contribution in [2.75, 3.05) is 13.2 Å². The Bertz CT molecular complexity index is 365. The second-order valence-electron chi connectivity index (χ2n) is 4.02. The lowest BCUT2D eigenvalue weighted by atomic mass is 9.94. The van der Waals surface area contributed by atoms with Crippen molar-refractivity contribution in [2.45, 2.75) is 25.7 Å². The molecule has 2 nitrogen and oxygen atoms in total. The van der Waals surface area contributed by atoms with Crippen LogP contribution in [0.2, 0.25) is 0 Å². The topological polar surface area (TPSA) is 35.2 Å². The van der Waals surface area contributed by atoms with E-state index in [1.807, 2.05) is 19.1 Å². The van der Waals surface area contributed by atoms with Crippen LogP contribution in [0.3, 0.4) is 0 Å². The molecule has 3 heteroatoms. The summed E-state index contributed by atoms with van der Waals surface area (Å²) < 4.78 is 19.3. The first kappa shape index (κ1) is 10.4. The van der Waals surface area contributed by atoms with Crippen molar-refractivity contribution < 1.29 is 9.13 Å². The molecule has 1 aliphatic rings. The Morgan fingerprint density at radius 2 is 2.33 bits per heavy atom. The summed E-state index contributed by atoms with van der Waals surface area (Å²) in [5, 5.41) is 0. The molecule has 0 radical (unpaired) electrons. The van der Waals surface area contributed by atoms with E-state index in [1.165, 1.54) is 0 Å². The first-order valence-corrected chi connectivity index (χ1v) is 5.38. The molecule has 0 spiro atoms. The van der Waals surface area contributed by atoms with Gasteiger partial charge in [0.25, 0.3) is 0 Å². The van der Waals surface area contributed by atoms with Gasteiger partial charge in [-0.05, 0) is 30.5 Å². The molecule has 1 atom stereocenters. The van der Waals surface area contributed by atoms with E-state index in [1.54, 1.807) is 0 Å². The van der Waals surface area contributed by atoms with Crippen molar-refractivity contribution in [1.82, 2.24) is 0 Å². The number of benzene rings is 1. The van der Waals surface area contributed by atoms with Crippen LogP contribution in [-0.4, -0.2) is 13.2 Å². The summed E-state index contributed by atoms with van der Waals surface area (Å²) in [6.07, 6.45) is 1.50. The lowest BCUT2D eigenvalue weighted by Gasteiger charge is -2.13. The first-order chi connectivity index (χ1) is 7.24. The molecule has 2 N–H and O–H groups in total. The fraction of sp³-hybridized carbons (Fsp3) is 0.500. The Morgan fingerprint density at radius 3 is 3.07 bits per heavy atom. The molecule has 0 saturated carbocycles. The summed E-state index contributed by atoms with van der Waals surface area (Å²) in [6, 6.07) is 3.69. The molecular weight excluding hydrogens is 193 g/mol. The summed E-state index contributed by atoms with van der Waals surface area (Å²) in [5.74, 6) is 0.794. The van der Waals surface area contributed by atoms with Crippen LogP contribution >= 0.6 is 0 Å². The van der Waals surface area contributed by atoms with Crippen molar-refractivity contribution in [2.24, 2.45) is 5.73 Å². The van der Waals surface area contributed by atoms with E-state index < -0.39 is 0 Å². The summed E-state index contributed by atoms with van der Waals surface area (Å²) in [4.78, 5) is 0. The molecule has 1 aromatic carbocycles. The second-order valence-corrected chi connectivity index (χ2v) is 4.02. The molecule has 0 amide bonds. The SMILES string of the molecule is CC(CCN)c1ccc2c(c1F)CCO2. The third-order valence-corrected chi connectivity index (χ3v) is 2.97. The third kappa shape index (κ3) is 1.84. The van der Waals surface area contributed by atoms with E-state index in [0.29, 0.717) is 25.3 Å². The van der Waals surface area contributed by atoms with Crippen LogP contribution in [-0.2, 0) is 6.42 Å². The zero-order valence-corrected chi connectivity index (χ0v) is 8.92. The first-order valence-electron chi connectivity index (χ1n) is 5.38. The van der Waals surface area contributed by atoms with Crippen LogP contribution in [0.5, 0.6) is 5.75 Å². The van der Waals surface area contributed by atoms with Gasteiger partial charge in [-0.3, -0.25) is 0 Å². The van der Waals surface area contributed by atoms with Gasteiger partial charge in [0, 0.05) is 12.0 Å². The van der Waals surface area contributed by atoms with Crippen LogP contribution < -0.4 is 10.5 Å². The quantitative estimate of drug-likeness (QED) is 0.828. The maximum Gasteiger partial charge on any atom is 0.133 e. The van der Waals surface area contributed by atoms with E-state index >= 15 is 0 Å². The Hall–Kier alpha value is -1.09. The summed E-state index contributed by atoms with van der Waals surface area (Å²) in [6.45, 7) is 3.20. The van der Waals surface area contributed by atoms with Gasteiger partial charge in [0.1, 0.15) is 11.6 Å². The molecule has 1 aromatic rings. The number of fused-ring (bicyclic) bond motifs is 1. The van der Waals surface area contributed by atoms with Crippen LogP contribution in [0.4, 0.5) is 4.39 Å². The van der Waals surface area contributed by atoms with Crippen molar-refractivity contribution >= 4 is 0 Å². The van der Waals surface area contributed by atoms with Crippen molar-refractivity contribution in [3.8, 4) is 5.75 Å². The lowest BCUT2D eigenvalue weighted by Crippen LogP contribution is -2.07. The number of hydrogen-bond donors (Lipinski definition) is 1. The van der Waals surface area contributed by atoms with Gasteiger partial charge < -0.3 is 10.5 Å². The Kier molecular flexibility index (Phi) is 2.91. The van der Waals surface area contributed by atoms with E-state index in [2.05, 4.69) is 0 Å². The van der Waals surface area contributed by atoms with Crippen molar-refractivity contribution in [3.63, 3.8) is 0 Å². The minimum atomic E-state index is -0.0917. The van der Waals surface area contributed by atoms with Crippen LogP contribution in [0, 0.1) is 5.82 Å². The van der Waals surface area contributed by atoms with Gasteiger partial charge in [-0.2, -0.15) is 0 Å². The average molecular weight is 209 g/mol. The molecule has 0 fully saturated rings. The Morgan fingerprint density at radius 1 is 1.53 bits per heavy atom. The maximum absolute atomic E-state index is 14.0. The van der Waals surface area contributed by atoms with E-state index in [4.69, 9.17) is 10.5 Å². The molecule has 1 unspecified atom stereocenters. The maximum atomic E-state index is 14.0. The van der Waals surface area contributed by atoms with Crippen LogP contribution in [0.15, 0.2) is 12.1 Å². The molecule has 15 heavy (non-hydrogen) atoms. The fourth-order valence-electron chi connectivity index (χ4n) is 2.04. The van der Waals surface area contributed by atoms with Gasteiger partial charge >= 0.3 is 0 Å². The standard InChI is InChI=1S/C12H16FNO/c1-8(4-6-14)9-2-3-11-10(12(9)13)5-7-15-11/h2-3,8H,4-7,14H2,1H3. The number of ether oxygens (including phenoxy) is 1. The van der Waals surface area contributed by atoms with Crippen LogP contribution in [0.1, 0.15) is 30.4 Å². The average Bonchev–Trinajstić information content (AvgIpc) is 2.67. The number of nitrogens with two attached hydrogens (primary N) is 1. The van der Waals surface area contributed by atoms with Gasteiger partial charge in [0.15, 0.2) is 0 Å². The highest BCUT2D eigenvalue weighted by molar-refractivity contribution is 5.42. The zero-order chi connectivity index (χ0) is 10.8. The minimum absolute atomic E-state index is 0.0917. The molecule has 0 saturated heterocycles. The highest BCUT2D eigenvalue weighted by Gasteiger charge is 2.21. The van der Waals surface area contributed by atoms with E-state index in [9.17, 15) is 4.39 Å². The predicted molar refractivity (Wildman–Crippen MR) is 57.7 cm³/mol. The van der Waals surface area contributed by atoms with E-state index in [0.717, 1.165) is 17.5 Å². The number of hydrogen-bond acceptors (Lipinski definition) is 2. The van der Waals surface area contributed by atoms with Crippen molar-refractivity contribution in [3.05, 3.63) is 29.1 Å². The van der Waals surface area contributed by atoms with Gasteiger partial charge in [-0.15, -0.1) is 0 Å². The highest BCUT2D eigenvalue weighted by atomic mass is 19.1. The van der Waals surface area contributed by atoms with E-state index in [-0.39, 0.29) is 11.7 Å². The second kappa shape index (κ2) is 4.19. The largest absolute Gasteiger partial charge is 0.493 e. The van der Waals surface area contributed by atoms with Gasteiger partial charge in [-0.25, -0.2) is 4.39 Å². The lowest BCUT2D eigenvalue weighted by molar-refractivity contribution is 0.356. The Balaban J connectivity index is 2.33. The molecule has 2 rings (SSSR count). The smallest absolute Gasteiger partial charge is 0.133 e. The summed E-state index contributed by atoms with van der Waals surface area (Å²) in [5.41, 5.74) is 6.98. The molecule has 82 valence electrons. The number of halogens is 1. The third-order valence-electron chi connectivity index (χ3n) is 2.97. The minimum Gasteiger partial charge on any atom is -0.493 e. The molecule has 1 aliphatic heterocycles. The van der Waals surface area contributed by atoms with Gasteiger partial charge in [0.2, 0.25) is 0 Å². The molecule has 0 bridgehead atoms. The van der Waals surface area contributed by atoms with Gasteiger partial charge in [-0.1, -0.05) is 13.0 Å².